The smallest absolute Gasteiger partial charge is 0.226 e. The average Bonchev–Trinajstić information content (AvgIpc) is 2.74. The lowest BCUT2D eigenvalue weighted by atomic mass is 9.99. The highest BCUT2D eigenvalue weighted by Crippen LogP contribution is 2.43. The van der Waals surface area contributed by atoms with Gasteiger partial charge in [0.25, 0.3) is 0 Å². The van der Waals surface area contributed by atoms with Crippen molar-refractivity contribution in [3.8, 4) is 0 Å². The third-order valence-electron chi connectivity index (χ3n) is 5.30. The number of hydrogen-bond acceptors (Lipinski definition) is 3. The summed E-state index contributed by atoms with van der Waals surface area (Å²) in [6, 6.07) is 4.48. The van der Waals surface area contributed by atoms with Crippen LogP contribution >= 0.6 is 12.4 Å². The quantitative estimate of drug-likeness (QED) is 0.585. The molecule has 1 aromatic carbocycles. The first-order chi connectivity index (χ1) is 9.52. The van der Waals surface area contributed by atoms with Crippen molar-refractivity contribution in [2.75, 3.05) is 27.2 Å². The molecule has 0 bridgehead atoms. The molecule has 1 aliphatic carbocycles. The molecule has 0 spiro atoms. The molecule has 0 saturated carbocycles. The Balaban J connectivity index is 0.00000132. The molecule has 21 heavy (non-hydrogen) atoms. The van der Waals surface area contributed by atoms with Crippen LogP contribution < -0.4 is 0 Å². The number of fused-ring (bicyclic) bond motifs is 2. The molecular weight excluding hydrogens is 284 g/mol. The number of nitrogens with zero attached hydrogens (tertiary/aromatic N) is 4. The molecule has 2 atom stereocenters. The number of likely N-dealkylation sites (N-methyl/N-ethyl adjacent to an activating group) is 2. The van der Waals surface area contributed by atoms with E-state index in [0.717, 1.165) is 17.4 Å². The van der Waals surface area contributed by atoms with Crippen LogP contribution in [0.2, 0.25) is 0 Å². The molecule has 4 nitrogen and oxygen atoms in total. The molecule has 3 aliphatic rings. The number of quaternary nitrogens is 1. The summed E-state index contributed by atoms with van der Waals surface area (Å²) in [5, 5.41) is 7.29. The maximum absolute atomic E-state index is 5.02. The van der Waals surface area contributed by atoms with Crippen molar-refractivity contribution >= 4 is 18.1 Å². The molecule has 1 aromatic rings. The van der Waals surface area contributed by atoms with Gasteiger partial charge in [-0.1, -0.05) is 17.3 Å². The minimum atomic E-state index is 0. The summed E-state index contributed by atoms with van der Waals surface area (Å²) in [4.78, 5) is 2.41. The summed E-state index contributed by atoms with van der Waals surface area (Å²) >= 11 is 0. The molecule has 4 rings (SSSR count). The van der Waals surface area contributed by atoms with Crippen molar-refractivity contribution in [2.24, 2.45) is 5.10 Å². The fourth-order valence-corrected chi connectivity index (χ4v) is 3.97. The molecule has 0 aromatic heterocycles. The van der Waals surface area contributed by atoms with E-state index in [2.05, 4.69) is 50.1 Å². The van der Waals surface area contributed by atoms with Crippen LogP contribution in [-0.2, 0) is 6.42 Å². The van der Waals surface area contributed by atoms with Gasteiger partial charge in [0.2, 0.25) is 0 Å². The molecule has 2 unspecified atom stereocenters. The molecule has 5 heteroatoms. The Labute approximate surface area is 133 Å². The molecule has 2 aliphatic heterocycles. The van der Waals surface area contributed by atoms with Gasteiger partial charge in [-0.15, -0.1) is 17.5 Å². The Hall–Kier alpha value is -1.10. The van der Waals surface area contributed by atoms with E-state index >= 15 is 0 Å². The second-order valence-corrected chi connectivity index (χ2v) is 6.68. The van der Waals surface area contributed by atoms with Crippen LogP contribution in [-0.4, -0.2) is 53.8 Å². The van der Waals surface area contributed by atoms with E-state index in [1.165, 1.54) is 41.1 Å². The summed E-state index contributed by atoms with van der Waals surface area (Å²) < 4.78 is 0.972. The Kier molecular flexibility index (Phi) is 3.32. The SMILES string of the molecule is Cc1ccc(C)c2c1CCC2=NN1C2N(C)CC[N+]21C.Cl. The predicted octanol–water partition coefficient (Wildman–Crippen LogP) is 2.28. The molecule has 0 amide bonds. The normalized spacial score (nSPS) is 32.1. The van der Waals surface area contributed by atoms with Gasteiger partial charge < -0.3 is 0 Å². The Morgan fingerprint density at radius 1 is 1.19 bits per heavy atom. The van der Waals surface area contributed by atoms with Gasteiger partial charge in [0.05, 0.1) is 19.3 Å². The van der Waals surface area contributed by atoms with E-state index in [-0.39, 0.29) is 12.4 Å². The lowest BCUT2D eigenvalue weighted by Gasteiger charge is -2.10. The van der Waals surface area contributed by atoms with Crippen molar-refractivity contribution < 1.29 is 4.59 Å². The first kappa shape index (κ1) is 14.8. The molecule has 114 valence electrons. The number of benzene rings is 1. The van der Waals surface area contributed by atoms with E-state index in [1.54, 1.807) is 0 Å². The zero-order valence-electron chi connectivity index (χ0n) is 13.3. The highest BCUT2D eigenvalue weighted by atomic mass is 35.5. The topological polar surface area (TPSA) is 18.6 Å². The van der Waals surface area contributed by atoms with Crippen LogP contribution in [0.4, 0.5) is 0 Å². The minimum Gasteiger partial charge on any atom is -0.226 e. The second kappa shape index (κ2) is 4.70. The summed E-state index contributed by atoms with van der Waals surface area (Å²) in [5.41, 5.74) is 7.02. The molecular formula is C16H24ClN4+. The Morgan fingerprint density at radius 3 is 2.57 bits per heavy atom. The molecule has 2 saturated heterocycles. The van der Waals surface area contributed by atoms with Crippen molar-refractivity contribution in [2.45, 2.75) is 33.0 Å². The number of hydrazone groups is 1. The van der Waals surface area contributed by atoms with Gasteiger partial charge in [-0.05, 0) is 50.4 Å². The molecule has 0 N–H and O–H groups in total. The van der Waals surface area contributed by atoms with Gasteiger partial charge in [-0.3, -0.25) is 0 Å². The van der Waals surface area contributed by atoms with Crippen LogP contribution in [0.1, 0.15) is 28.7 Å². The van der Waals surface area contributed by atoms with Gasteiger partial charge in [0.1, 0.15) is 6.54 Å². The van der Waals surface area contributed by atoms with Gasteiger partial charge in [0, 0.05) is 5.56 Å². The zero-order valence-corrected chi connectivity index (χ0v) is 14.1. The van der Waals surface area contributed by atoms with Crippen LogP contribution in [0.5, 0.6) is 0 Å². The highest BCUT2D eigenvalue weighted by Gasteiger charge is 2.69. The van der Waals surface area contributed by atoms with Crippen LogP contribution in [0.25, 0.3) is 0 Å². The number of rotatable bonds is 1. The monoisotopic (exact) mass is 307 g/mol. The fraction of sp³-hybridized carbons (Fsp3) is 0.562. The molecule has 2 heterocycles. The largest absolute Gasteiger partial charge is 0.309 e. The lowest BCUT2D eigenvalue weighted by Crippen LogP contribution is -2.27. The number of halogens is 1. The summed E-state index contributed by atoms with van der Waals surface area (Å²) in [6.07, 6.45) is 2.71. The molecule has 0 radical (unpaired) electrons. The van der Waals surface area contributed by atoms with Gasteiger partial charge in [-0.2, -0.15) is 4.59 Å². The van der Waals surface area contributed by atoms with Crippen LogP contribution in [0, 0.1) is 13.8 Å². The van der Waals surface area contributed by atoms with E-state index in [4.69, 9.17) is 5.10 Å². The standard InChI is InChI=1S/C16H23N4.ClH/c1-11-5-6-12(2)15-13(11)7-8-14(15)17-19-16-18(3)9-10-20(16,19)4;/h5-6,16H,7-10H2,1-4H3;1H/q+1;. The van der Waals surface area contributed by atoms with E-state index in [9.17, 15) is 0 Å². The third-order valence-corrected chi connectivity index (χ3v) is 5.30. The first-order valence-electron chi connectivity index (χ1n) is 7.54. The van der Waals surface area contributed by atoms with Crippen molar-refractivity contribution in [1.82, 2.24) is 10.0 Å². The highest BCUT2D eigenvalue weighted by molar-refractivity contribution is 6.05. The fourth-order valence-electron chi connectivity index (χ4n) is 3.97. The van der Waals surface area contributed by atoms with Gasteiger partial charge in [0.15, 0.2) is 0 Å². The van der Waals surface area contributed by atoms with Gasteiger partial charge in [-0.25, -0.2) is 4.90 Å². The summed E-state index contributed by atoms with van der Waals surface area (Å²) in [7, 11) is 4.49. The maximum Gasteiger partial charge on any atom is 0.309 e. The zero-order chi connectivity index (χ0) is 14.1. The Morgan fingerprint density at radius 2 is 1.90 bits per heavy atom. The Bertz CT molecular complexity index is 627. The van der Waals surface area contributed by atoms with E-state index < -0.39 is 0 Å². The minimum absolute atomic E-state index is 0. The van der Waals surface area contributed by atoms with Crippen molar-refractivity contribution in [1.29, 1.82) is 0 Å². The maximum atomic E-state index is 5.02. The number of aryl methyl sites for hydroxylation is 2. The van der Waals surface area contributed by atoms with Gasteiger partial charge >= 0.3 is 6.29 Å². The first-order valence-corrected chi connectivity index (χ1v) is 7.54. The predicted molar refractivity (Wildman–Crippen MR) is 87.3 cm³/mol. The number of hydrogen-bond donors (Lipinski definition) is 0. The third kappa shape index (κ3) is 1.93. The lowest BCUT2D eigenvalue weighted by molar-refractivity contribution is -0.850. The van der Waals surface area contributed by atoms with Crippen molar-refractivity contribution in [3.63, 3.8) is 0 Å². The second-order valence-electron chi connectivity index (χ2n) is 6.68. The molecule has 2 fully saturated rings. The van der Waals surface area contributed by atoms with Crippen molar-refractivity contribution in [3.05, 3.63) is 34.4 Å². The average molecular weight is 308 g/mol. The van der Waals surface area contributed by atoms with Crippen LogP contribution in [0.15, 0.2) is 17.2 Å². The summed E-state index contributed by atoms with van der Waals surface area (Å²) in [6.45, 7) is 6.79. The van der Waals surface area contributed by atoms with E-state index in [1.807, 2.05) is 0 Å². The van der Waals surface area contributed by atoms with Crippen LogP contribution in [0.3, 0.4) is 0 Å². The van der Waals surface area contributed by atoms with E-state index in [0.29, 0.717) is 6.29 Å². The summed E-state index contributed by atoms with van der Waals surface area (Å²) in [5.74, 6) is 0.